The van der Waals surface area contributed by atoms with E-state index >= 15 is 0 Å². The van der Waals surface area contributed by atoms with Gasteiger partial charge in [0.2, 0.25) is 0 Å². The highest BCUT2D eigenvalue weighted by molar-refractivity contribution is 5.39. The Balaban J connectivity index is 2.72. The highest BCUT2D eigenvalue weighted by atomic mass is 16.6. The van der Waals surface area contributed by atoms with Crippen LogP contribution < -0.4 is 5.32 Å². The molecule has 0 unspecified atom stereocenters. The van der Waals surface area contributed by atoms with Gasteiger partial charge in [0.1, 0.15) is 0 Å². The summed E-state index contributed by atoms with van der Waals surface area (Å²) in [4.78, 5) is 10.4. The molecule has 0 bridgehead atoms. The summed E-state index contributed by atoms with van der Waals surface area (Å²) in [5, 5.41) is 14.0. The Labute approximate surface area is 89.5 Å². The van der Waals surface area contributed by atoms with Gasteiger partial charge in [-0.3, -0.25) is 10.1 Å². The monoisotopic (exact) mass is 208 g/mol. The number of nitro benzene ring substituents is 1. The van der Waals surface area contributed by atoms with Gasteiger partial charge in [-0.05, 0) is 13.3 Å². The summed E-state index contributed by atoms with van der Waals surface area (Å²) in [6.45, 7) is 4.69. The molecule has 1 N–H and O–H groups in total. The lowest BCUT2D eigenvalue weighted by atomic mass is 10.1. The molecule has 1 aromatic rings. The van der Waals surface area contributed by atoms with Crippen molar-refractivity contribution < 1.29 is 4.92 Å². The summed E-state index contributed by atoms with van der Waals surface area (Å²) in [6.07, 6.45) is 1.01. The van der Waals surface area contributed by atoms with E-state index in [0.29, 0.717) is 12.6 Å². The van der Waals surface area contributed by atoms with E-state index in [1.54, 1.807) is 12.1 Å². The molecule has 4 nitrogen and oxygen atoms in total. The maximum absolute atomic E-state index is 10.7. The van der Waals surface area contributed by atoms with Crippen molar-refractivity contribution in [2.75, 3.05) is 0 Å². The van der Waals surface area contributed by atoms with E-state index in [2.05, 4.69) is 19.2 Å². The molecule has 0 saturated heterocycles. The van der Waals surface area contributed by atoms with Gasteiger partial charge in [-0.25, -0.2) is 0 Å². The zero-order valence-corrected chi connectivity index (χ0v) is 9.06. The van der Waals surface area contributed by atoms with Gasteiger partial charge in [0, 0.05) is 24.2 Å². The number of para-hydroxylation sites is 1. The van der Waals surface area contributed by atoms with Crippen LogP contribution in [0.2, 0.25) is 0 Å². The summed E-state index contributed by atoms with van der Waals surface area (Å²) in [6, 6.07) is 7.21. The second kappa shape index (κ2) is 5.46. The summed E-state index contributed by atoms with van der Waals surface area (Å²) < 4.78 is 0. The number of nitrogens with one attached hydrogen (secondary N) is 1. The molecule has 1 aromatic carbocycles. The van der Waals surface area contributed by atoms with Gasteiger partial charge in [0.05, 0.1) is 4.92 Å². The standard InChI is InChI=1S/C11H16N2O2/c1-3-9(2)12-8-10-6-4-5-7-11(10)13(14)15/h4-7,9,12H,3,8H2,1-2H3/t9-/m1/s1. The Morgan fingerprint density at radius 2 is 2.13 bits per heavy atom. The van der Waals surface area contributed by atoms with Crippen LogP contribution in [0.25, 0.3) is 0 Å². The van der Waals surface area contributed by atoms with Crippen molar-refractivity contribution in [1.82, 2.24) is 5.32 Å². The van der Waals surface area contributed by atoms with Gasteiger partial charge in [0.25, 0.3) is 5.69 Å². The predicted octanol–water partition coefficient (Wildman–Crippen LogP) is 2.48. The topological polar surface area (TPSA) is 55.2 Å². The van der Waals surface area contributed by atoms with Crippen LogP contribution in [0.5, 0.6) is 0 Å². The summed E-state index contributed by atoms with van der Waals surface area (Å²) >= 11 is 0. The molecule has 0 aliphatic rings. The molecule has 15 heavy (non-hydrogen) atoms. The van der Waals surface area contributed by atoms with Gasteiger partial charge in [0.15, 0.2) is 0 Å². The molecule has 1 rings (SSSR count). The molecule has 82 valence electrons. The number of benzene rings is 1. The first kappa shape index (κ1) is 11.7. The Hall–Kier alpha value is -1.42. The molecule has 0 aliphatic carbocycles. The van der Waals surface area contributed by atoms with Crippen molar-refractivity contribution in [3.05, 3.63) is 39.9 Å². The van der Waals surface area contributed by atoms with E-state index in [4.69, 9.17) is 0 Å². The van der Waals surface area contributed by atoms with E-state index in [0.717, 1.165) is 12.0 Å². The molecule has 0 aliphatic heterocycles. The maximum atomic E-state index is 10.7. The van der Waals surface area contributed by atoms with Crippen LogP contribution in [-0.4, -0.2) is 11.0 Å². The lowest BCUT2D eigenvalue weighted by Crippen LogP contribution is -2.24. The highest BCUT2D eigenvalue weighted by Gasteiger charge is 2.11. The van der Waals surface area contributed by atoms with Gasteiger partial charge >= 0.3 is 0 Å². The minimum atomic E-state index is -0.340. The quantitative estimate of drug-likeness (QED) is 0.597. The van der Waals surface area contributed by atoms with Crippen LogP contribution in [0.3, 0.4) is 0 Å². The third-order valence-electron chi connectivity index (χ3n) is 2.44. The lowest BCUT2D eigenvalue weighted by molar-refractivity contribution is -0.385. The van der Waals surface area contributed by atoms with Gasteiger partial charge in [-0.2, -0.15) is 0 Å². The number of nitrogens with zero attached hydrogens (tertiary/aromatic N) is 1. The first-order chi connectivity index (χ1) is 7.15. The number of hydrogen-bond acceptors (Lipinski definition) is 3. The zero-order chi connectivity index (χ0) is 11.3. The third-order valence-corrected chi connectivity index (χ3v) is 2.44. The molecule has 0 amide bonds. The largest absolute Gasteiger partial charge is 0.310 e. The molecule has 0 aromatic heterocycles. The van der Waals surface area contributed by atoms with E-state index in [1.165, 1.54) is 6.07 Å². The van der Waals surface area contributed by atoms with Crippen molar-refractivity contribution in [2.45, 2.75) is 32.9 Å². The van der Waals surface area contributed by atoms with Crippen molar-refractivity contribution in [2.24, 2.45) is 0 Å². The molecule has 1 atom stereocenters. The number of hydrogen-bond donors (Lipinski definition) is 1. The van der Waals surface area contributed by atoms with Crippen LogP contribution in [0.1, 0.15) is 25.8 Å². The van der Waals surface area contributed by atoms with Crippen LogP contribution in [0.4, 0.5) is 5.69 Å². The lowest BCUT2D eigenvalue weighted by Gasteiger charge is -2.10. The minimum Gasteiger partial charge on any atom is -0.310 e. The highest BCUT2D eigenvalue weighted by Crippen LogP contribution is 2.17. The maximum Gasteiger partial charge on any atom is 0.273 e. The Kier molecular flexibility index (Phi) is 4.24. The van der Waals surface area contributed by atoms with Crippen LogP contribution >= 0.6 is 0 Å². The van der Waals surface area contributed by atoms with Crippen molar-refractivity contribution in [3.8, 4) is 0 Å². The van der Waals surface area contributed by atoms with Gasteiger partial charge in [-0.15, -0.1) is 0 Å². The van der Waals surface area contributed by atoms with Crippen LogP contribution in [-0.2, 0) is 6.54 Å². The first-order valence-electron chi connectivity index (χ1n) is 5.10. The van der Waals surface area contributed by atoms with Crippen LogP contribution in [0, 0.1) is 10.1 Å². The molecule has 4 heteroatoms. The second-order valence-electron chi connectivity index (χ2n) is 3.58. The van der Waals surface area contributed by atoms with Crippen molar-refractivity contribution in [3.63, 3.8) is 0 Å². The van der Waals surface area contributed by atoms with E-state index in [9.17, 15) is 10.1 Å². The van der Waals surface area contributed by atoms with Gasteiger partial charge < -0.3 is 5.32 Å². The summed E-state index contributed by atoms with van der Waals surface area (Å²) in [5.74, 6) is 0. The zero-order valence-electron chi connectivity index (χ0n) is 9.06. The smallest absolute Gasteiger partial charge is 0.273 e. The predicted molar refractivity (Wildman–Crippen MR) is 59.7 cm³/mol. The molecule has 0 spiro atoms. The van der Waals surface area contributed by atoms with E-state index < -0.39 is 0 Å². The summed E-state index contributed by atoms with van der Waals surface area (Å²) in [5.41, 5.74) is 0.927. The molecular formula is C11H16N2O2. The average Bonchev–Trinajstić information content (AvgIpc) is 2.26. The SMILES string of the molecule is CC[C@@H](C)NCc1ccccc1[N+](=O)[O-]. The molecular weight excluding hydrogens is 192 g/mol. The Bertz CT molecular complexity index is 339. The summed E-state index contributed by atoms with van der Waals surface area (Å²) in [7, 11) is 0. The van der Waals surface area contributed by atoms with Gasteiger partial charge in [-0.1, -0.05) is 25.1 Å². The minimum absolute atomic E-state index is 0.188. The normalized spacial score (nSPS) is 12.4. The fourth-order valence-corrected chi connectivity index (χ4v) is 1.27. The molecule has 0 saturated carbocycles. The number of rotatable bonds is 5. The molecule has 0 radical (unpaired) electrons. The van der Waals surface area contributed by atoms with Crippen molar-refractivity contribution >= 4 is 5.69 Å². The number of nitro groups is 1. The van der Waals surface area contributed by atoms with Crippen LogP contribution in [0.15, 0.2) is 24.3 Å². The fourth-order valence-electron chi connectivity index (χ4n) is 1.27. The Morgan fingerprint density at radius 3 is 2.73 bits per heavy atom. The van der Waals surface area contributed by atoms with E-state index in [1.807, 2.05) is 6.07 Å². The molecule has 0 heterocycles. The third kappa shape index (κ3) is 3.32. The fraction of sp³-hybridized carbons (Fsp3) is 0.455. The molecule has 0 fully saturated rings. The second-order valence-corrected chi connectivity index (χ2v) is 3.58. The van der Waals surface area contributed by atoms with E-state index in [-0.39, 0.29) is 10.6 Å². The first-order valence-corrected chi connectivity index (χ1v) is 5.10. The average molecular weight is 208 g/mol. The van der Waals surface area contributed by atoms with Crippen molar-refractivity contribution in [1.29, 1.82) is 0 Å². The Morgan fingerprint density at radius 1 is 1.47 bits per heavy atom.